The van der Waals surface area contributed by atoms with E-state index in [2.05, 4.69) is 26.0 Å². The van der Waals surface area contributed by atoms with Crippen molar-refractivity contribution >= 4 is 56.3 Å². The maximum Gasteiger partial charge on any atom is 0.335 e. The van der Waals surface area contributed by atoms with Gasteiger partial charge in [-0.15, -0.1) is 0 Å². The van der Waals surface area contributed by atoms with E-state index < -0.39 is 22.1 Å². The molecular weight excluding hydrogens is 556 g/mol. The second-order valence-electron chi connectivity index (χ2n) is 7.58. The summed E-state index contributed by atoms with van der Waals surface area (Å²) in [6, 6.07) is 13.6. The minimum atomic E-state index is -1.11. The number of hydrogen-bond donors (Lipinski definition) is 1. The van der Waals surface area contributed by atoms with Gasteiger partial charge >= 0.3 is 11.7 Å². The number of carboxylic acid groups (broad SMARTS) is 1. The number of carbonyl (C=O) groups is 1. The fourth-order valence-electron chi connectivity index (χ4n) is 3.45. The Bertz CT molecular complexity index is 1620. The first-order valence-electron chi connectivity index (χ1n) is 10.3. The predicted molar refractivity (Wildman–Crippen MR) is 137 cm³/mol. The molecule has 1 aromatic heterocycles. The molecule has 0 aliphatic carbocycles. The molecule has 0 spiro atoms. The zero-order valence-corrected chi connectivity index (χ0v) is 20.9. The third-order valence-corrected chi connectivity index (χ3v) is 5.81. The van der Waals surface area contributed by atoms with Crippen molar-refractivity contribution in [2.45, 2.75) is 13.5 Å². The first kappa shape index (κ1) is 25.0. The Hall–Kier alpha value is -4.09. The molecule has 0 aliphatic heterocycles. The number of fused-ring (bicyclic) bond motifs is 1. The molecule has 1 heterocycles. The Kier molecular flexibility index (Phi) is 7.13. The third kappa shape index (κ3) is 5.26. The summed E-state index contributed by atoms with van der Waals surface area (Å²) in [6.45, 7) is 1.45. The number of halogens is 2. The zero-order valence-electron chi connectivity index (χ0n) is 18.5. The van der Waals surface area contributed by atoms with Crippen LogP contribution < -0.4 is 10.3 Å². The number of ether oxygens (including phenoxy) is 1. The minimum Gasteiger partial charge on any atom is -0.481 e. The van der Waals surface area contributed by atoms with Gasteiger partial charge in [-0.05, 0) is 48.9 Å². The number of benzene rings is 3. The molecule has 0 fully saturated rings. The molecule has 10 nitrogen and oxygen atoms in total. The lowest BCUT2D eigenvalue weighted by Gasteiger charge is -2.11. The largest absolute Gasteiger partial charge is 0.481 e. The molecule has 4 rings (SSSR count). The van der Waals surface area contributed by atoms with Gasteiger partial charge in [-0.1, -0.05) is 39.7 Å². The van der Waals surface area contributed by atoms with Gasteiger partial charge < -0.3 is 9.84 Å². The molecule has 0 bridgehead atoms. The van der Waals surface area contributed by atoms with Gasteiger partial charge in [0.1, 0.15) is 12.4 Å². The first-order valence-corrected chi connectivity index (χ1v) is 11.5. The number of aryl methyl sites for hydroxylation is 1. The summed E-state index contributed by atoms with van der Waals surface area (Å²) in [5, 5.41) is 25.5. The summed E-state index contributed by atoms with van der Waals surface area (Å²) >= 11 is 9.44. The quantitative estimate of drug-likeness (QED) is 0.183. The van der Waals surface area contributed by atoms with E-state index in [0.717, 1.165) is 10.7 Å². The van der Waals surface area contributed by atoms with Crippen LogP contribution in [0.4, 0.5) is 5.69 Å². The third-order valence-electron chi connectivity index (χ3n) is 5.10. The molecule has 12 heteroatoms. The minimum absolute atomic E-state index is 0.0498. The highest BCUT2D eigenvalue weighted by molar-refractivity contribution is 9.10. The number of nitro benzene ring substituents is 1. The van der Waals surface area contributed by atoms with E-state index in [1.54, 1.807) is 37.3 Å². The van der Waals surface area contributed by atoms with Crippen LogP contribution >= 0.6 is 27.5 Å². The lowest BCUT2D eigenvalue weighted by molar-refractivity contribution is -0.385. The SMILES string of the molecule is Cc1nc2ccc(Br)cc2c(=O)n1N=Cc1cc(Cl)cc([N+](=O)[O-])c1OCc1cccc(C(=O)O)c1. The molecule has 0 aliphatic rings. The van der Waals surface area contributed by atoms with Gasteiger partial charge in [0.25, 0.3) is 5.56 Å². The van der Waals surface area contributed by atoms with E-state index >= 15 is 0 Å². The van der Waals surface area contributed by atoms with E-state index in [1.807, 2.05) is 0 Å². The first-order chi connectivity index (χ1) is 17.1. The second-order valence-corrected chi connectivity index (χ2v) is 8.93. The van der Waals surface area contributed by atoms with Gasteiger partial charge in [-0.3, -0.25) is 14.9 Å². The number of rotatable bonds is 7. The van der Waals surface area contributed by atoms with Crippen LogP contribution in [0.2, 0.25) is 5.02 Å². The Morgan fingerprint density at radius 2 is 2.06 bits per heavy atom. The van der Waals surface area contributed by atoms with E-state index in [4.69, 9.17) is 16.3 Å². The van der Waals surface area contributed by atoms with Crippen molar-refractivity contribution in [2.24, 2.45) is 5.10 Å². The topological polar surface area (TPSA) is 137 Å². The van der Waals surface area contributed by atoms with Crippen LogP contribution in [0.25, 0.3) is 10.9 Å². The fourth-order valence-corrected chi connectivity index (χ4v) is 4.04. The number of hydrogen-bond acceptors (Lipinski definition) is 7. The maximum absolute atomic E-state index is 13.0. The normalized spacial score (nSPS) is 11.2. The average molecular weight is 572 g/mol. The average Bonchev–Trinajstić information content (AvgIpc) is 2.83. The summed E-state index contributed by atoms with van der Waals surface area (Å²) < 4.78 is 7.51. The number of nitro groups is 1. The van der Waals surface area contributed by atoms with Gasteiger partial charge in [0.05, 0.1) is 27.6 Å². The second kappa shape index (κ2) is 10.3. The predicted octanol–water partition coefficient (Wildman–Crippen LogP) is 5.19. The summed E-state index contributed by atoms with van der Waals surface area (Å²) in [4.78, 5) is 39.7. The van der Waals surface area contributed by atoms with Crippen molar-refractivity contribution in [3.05, 3.63) is 107 Å². The van der Waals surface area contributed by atoms with Crippen LogP contribution in [0.1, 0.15) is 27.3 Å². The van der Waals surface area contributed by atoms with Gasteiger partial charge in [0, 0.05) is 21.1 Å². The Morgan fingerprint density at radius 3 is 2.78 bits per heavy atom. The monoisotopic (exact) mass is 570 g/mol. The molecule has 182 valence electrons. The number of aromatic carboxylic acids is 1. The summed E-state index contributed by atoms with van der Waals surface area (Å²) in [5.74, 6) is -0.953. The molecule has 4 aromatic rings. The highest BCUT2D eigenvalue weighted by Gasteiger charge is 2.21. The molecule has 0 amide bonds. The van der Waals surface area contributed by atoms with E-state index in [-0.39, 0.29) is 28.5 Å². The molecule has 3 aromatic carbocycles. The Morgan fingerprint density at radius 1 is 1.28 bits per heavy atom. The lowest BCUT2D eigenvalue weighted by Crippen LogP contribution is -2.20. The summed E-state index contributed by atoms with van der Waals surface area (Å²) in [6.07, 6.45) is 1.22. The smallest absolute Gasteiger partial charge is 0.335 e. The molecule has 0 radical (unpaired) electrons. The standard InChI is InChI=1S/C24H16BrClN4O6/c1-13-28-20-6-5-17(25)9-19(20)23(31)29(13)27-11-16-8-18(26)10-21(30(34)35)22(16)36-12-14-3-2-4-15(7-14)24(32)33/h2-11H,12H2,1H3,(H,32,33). The Labute approximate surface area is 216 Å². The van der Waals surface area contributed by atoms with Gasteiger partial charge in [-0.25, -0.2) is 9.78 Å². The van der Waals surface area contributed by atoms with Crippen molar-refractivity contribution < 1.29 is 19.6 Å². The molecular formula is C24H16BrClN4O6. The highest BCUT2D eigenvalue weighted by Crippen LogP contribution is 2.34. The van der Waals surface area contributed by atoms with Crippen LogP contribution in [0.5, 0.6) is 5.75 Å². The van der Waals surface area contributed by atoms with Crippen molar-refractivity contribution in [1.82, 2.24) is 9.66 Å². The molecule has 0 atom stereocenters. The van der Waals surface area contributed by atoms with Crippen molar-refractivity contribution in [2.75, 3.05) is 0 Å². The van der Waals surface area contributed by atoms with E-state index in [1.165, 1.54) is 24.4 Å². The molecule has 1 N–H and O–H groups in total. The van der Waals surface area contributed by atoms with Crippen molar-refractivity contribution in [3.8, 4) is 5.75 Å². The Balaban J connectivity index is 1.76. The molecule has 36 heavy (non-hydrogen) atoms. The molecule has 0 saturated heterocycles. The van der Waals surface area contributed by atoms with Crippen molar-refractivity contribution in [1.29, 1.82) is 0 Å². The van der Waals surface area contributed by atoms with Crippen LogP contribution in [-0.4, -0.2) is 31.9 Å². The highest BCUT2D eigenvalue weighted by atomic mass is 79.9. The van der Waals surface area contributed by atoms with Gasteiger partial charge in [0.2, 0.25) is 5.75 Å². The lowest BCUT2D eigenvalue weighted by atomic mass is 10.1. The summed E-state index contributed by atoms with van der Waals surface area (Å²) in [7, 11) is 0. The number of aromatic nitrogens is 2. The number of nitrogens with zero attached hydrogens (tertiary/aromatic N) is 4. The molecule has 0 unspecified atom stereocenters. The fraction of sp³-hybridized carbons (Fsp3) is 0.0833. The van der Waals surface area contributed by atoms with Crippen LogP contribution in [-0.2, 0) is 6.61 Å². The summed E-state index contributed by atoms with van der Waals surface area (Å²) in [5.41, 5.74) is 0.331. The van der Waals surface area contributed by atoms with Crippen LogP contribution in [0, 0.1) is 17.0 Å². The van der Waals surface area contributed by atoms with E-state index in [0.29, 0.717) is 26.8 Å². The van der Waals surface area contributed by atoms with Crippen LogP contribution in [0.3, 0.4) is 0 Å². The molecule has 0 saturated carbocycles. The van der Waals surface area contributed by atoms with Crippen LogP contribution in [0.15, 0.2) is 69.0 Å². The van der Waals surface area contributed by atoms with Gasteiger partial charge in [-0.2, -0.15) is 9.78 Å². The zero-order chi connectivity index (χ0) is 26.0. The maximum atomic E-state index is 13.0. The van der Waals surface area contributed by atoms with Gasteiger partial charge in [0.15, 0.2) is 0 Å². The number of carboxylic acids is 1. The van der Waals surface area contributed by atoms with Crippen molar-refractivity contribution in [3.63, 3.8) is 0 Å². The van der Waals surface area contributed by atoms with E-state index in [9.17, 15) is 24.8 Å².